The van der Waals surface area contributed by atoms with Gasteiger partial charge in [-0.25, -0.2) is 4.98 Å². The molecule has 0 saturated heterocycles. The highest BCUT2D eigenvalue weighted by molar-refractivity contribution is 9.10. The predicted octanol–water partition coefficient (Wildman–Crippen LogP) is 2.40. The van der Waals surface area contributed by atoms with Crippen LogP contribution < -0.4 is 0 Å². The molecule has 2 aromatic rings. The molecule has 84 valence electrons. The summed E-state index contributed by atoms with van der Waals surface area (Å²) in [7, 11) is 0. The van der Waals surface area contributed by atoms with Crippen molar-refractivity contribution in [3.8, 4) is 6.07 Å². The van der Waals surface area contributed by atoms with Crippen LogP contribution in [-0.2, 0) is 6.54 Å². The molecule has 0 saturated carbocycles. The van der Waals surface area contributed by atoms with Crippen LogP contribution in [0.3, 0.4) is 0 Å². The Morgan fingerprint density at radius 1 is 1.53 bits per heavy atom. The third-order valence-electron chi connectivity index (χ3n) is 2.28. The molecule has 17 heavy (non-hydrogen) atoms. The number of rotatable bonds is 3. The van der Waals surface area contributed by atoms with Crippen molar-refractivity contribution in [3.63, 3.8) is 0 Å². The van der Waals surface area contributed by atoms with Gasteiger partial charge >= 0.3 is 0 Å². The number of hydrogen-bond acceptors (Lipinski definition) is 3. The van der Waals surface area contributed by atoms with Crippen LogP contribution in [0.1, 0.15) is 16.2 Å². The molecule has 2 rings (SSSR count). The van der Waals surface area contributed by atoms with E-state index < -0.39 is 0 Å². The minimum absolute atomic E-state index is 0.0548. The Kier molecular flexibility index (Phi) is 3.35. The molecule has 0 atom stereocenters. The van der Waals surface area contributed by atoms with Crippen molar-refractivity contribution in [2.45, 2.75) is 6.54 Å². The third-order valence-corrected chi connectivity index (χ3v) is 2.77. The quantitative estimate of drug-likeness (QED) is 0.815. The zero-order chi connectivity index (χ0) is 12.3. The van der Waals surface area contributed by atoms with Gasteiger partial charge in [0.1, 0.15) is 6.07 Å². The van der Waals surface area contributed by atoms with Gasteiger partial charge in [-0.3, -0.25) is 4.79 Å². The summed E-state index contributed by atoms with van der Waals surface area (Å²) >= 11 is 3.31. The maximum atomic E-state index is 12.0. The standard InChI is InChI=1S/C12H8BrN3O/c13-10-3-1-2-9(6-10)11(17)8-16-5-4-15-12(16)7-14/h1-6H,8H2. The Bertz CT molecular complexity index is 598. The van der Waals surface area contributed by atoms with Gasteiger partial charge in [-0.15, -0.1) is 0 Å². The number of halogens is 1. The summed E-state index contributed by atoms with van der Waals surface area (Å²) < 4.78 is 2.39. The molecular weight excluding hydrogens is 282 g/mol. The van der Waals surface area contributed by atoms with E-state index in [0.29, 0.717) is 5.56 Å². The fourth-order valence-electron chi connectivity index (χ4n) is 1.46. The number of nitrogens with zero attached hydrogens (tertiary/aromatic N) is 3. The Morgan fingerprint density at radius 2 is 2.35 bits per heavy atom. The number of nitriles is 1. The molecule has 1 aromatic carbocycles. The zero-order valence-electron chi connectivity index (χ0n) is 8.80. The highest BCUT2D eigenvalue weighted by atomic mass is 79.9. The first-order valence-corrected chi connectivity index (χ1v) is 5.70. The van der Waals surface area contributed by atoms with E-state index in [-0.39, 0.29) is 18.2 Å². The molecule has 0 amide bonds. The highest BCUT2D eigenvalue weighted by Crippen LogP contribution is 2.13. The van der Waals surface area contributed by atoms with Crippen LogP contribution in [0.5, 0.6) is 0 Å². The summed E-state index contributed by atoms with van der Waals surface area (Å²) in [6.45, 7) is 0.124. The summed E-state index contributed by atoms with van der Waals surface area (Å²) in [5.41, 5.74) is 0.608. The van der Waals surface area contributed by atoms with Crippen molar-refractivity contribution in [2.24, 2.45) is 0 Å². The lowest BCUT2D eigenvalue weighted by Crippen LogP contribution is -2.11. The molecule has 0 aliphatic heterocycles. The van der Waals surface area contributed by atoms with E-state index in [1.54, 1.807) is 24.4 Å². The van der Waals surface area contributed by atoms with E-state index in [2.05, 4.69) is 20.9 Å². The fraction of sp³-hybridized carbons (Fsp3) is 0.0833. The lowest BCUT2D eigenvalue weighted by atomic mass is 10.1. The first-order valence-electron chi connectivity index (χ1n) is 4.90. The largest absolute Gasteiger partial charge is 0.315 e. The van der Waals surface area contributed by atoms with Crippen LogP contribution in [0.4, 0.5) is 0 Å². The Labute approximate surface area is 107 Å². The molecule has 1 aromatic heterocycles. The molecule has 5 heteroatoms. The van der Waals surface area contributed by atoms with Crippen LogP contribution in [0.15, 0.2) is 41.1 Å². The number of imidazole rings is 1. The van der Waals surface area contributed by atoms with E-state index in [9.17, 15) is 4.79 Å². The number of hydrogen-bond donors (Lipinski definition) is 0. The molecule has 0 bridgehead atoms. The zero-order valence-corrected chi connectivity index (χ0v) is 10.4. The van der Waals surface area contributed by atoms with E-state index >= 15 is 0 Å². The number of Topliss-reactive ketones (excluding diaryl/α,β-unsaturated/α-hetero) is 1. The predicted molar refractivity (Wildman–Crippen MR) is 65.4 cm³/mol. The van der Waals surface area contributed by atoms with Crippen molar-refractivity contribution in [1.29, 1.82) is 5.26 Å². The summed E-state index contributed by atoms with van der Waals surface area (Å²) in [5, 5.41) is 8.78. The number of carbonyl (C=O) groups excluding carboxylic acids is 1. The van der Waals surface area contributed by atoms with Gasteiger partial charge in [-0.05, 0) is 12.1 Å². The Hall–Kier alpha value is -1.93. The molecule has 0 aliphatic rings. The van der Waals surface area contributed by atoms with E-state index in [4.69, 9.17) is 5.26 Å². The summed E-state index contributed by atoms with van der Waals surface area (Å²) in [6, 6.07) is 9.09. The fourth-order valence-corrected chi connectivity index (χ4v) is 1.86. The molecule has 1 heterocycles. The minimum atomic E-state index is -0.0548. The normalized spacial score (nSPS) is 9.88. The number of carbonyl (C=O) groups is 1. The number of benzene rings is 1. The van der Waals surface area contributed by atoms with Gasteiger partial charge in [0, 0.05) is 22.4 Å². The molecule has 0 N–H and O–H groups in total. The van der Waals surface area contributed by atoms with Gasteiger partial charge in [0.15, 0.2) is 5.78 Å². The second kappa shape index (κ2) is 4.93. The molecule has 4 nitrogen and oxygen atoms in total. The van der Waals surface area contributed by atoms with Gasteiger partial charge in [0.05, 0.1) is 6.54 Å². The SMILES string of the molecule is N#Cc1nccn1CC(=O)c1cccc(Br)c1. The van der Waals surface area contributed by atoms with E-state index in [1.807, 2.05) is 12.1 Å². The minimum Gasteiger partial charge on any atom is -0.315 e. The van der Waals surface area contributed by atoms with Crippen molar-refractivity contribution in [3.05, 3.63) is 52.5 Å². The lowest BCUT2D eigenvalue weighted by Gasteiger charge is -2.03. The monoisotopic (exact) mass is 289 g/mol. The molecule has 0 fully saturated rings. The molecule has 0 spiro atoms. The van der Waals surface area contributed by atoms with Crippen molar-refractivity contribution < 1.29 is 4.79 Å². The maximum absolute atomic E-state index is 12.0. The summed E-state index contributed by atoms with van der Waals surface area (Å²) in [5.74, 6) is 0.189. The second-order valence-electron chi connectivity index (χ2n) is 3.42. The van der Waals surface area contributed by atoms with Crippen LogP contribution in [-0.4, -0.2) is 15.3 Å². The summed E-state index contributed by atoms with van der Waals surface area (Å²) in [6.07, 6.45) is 3.13. The lowest BCUT2D eigenvalue weighted by molar-refractivity contribution is 0.0971. The number of ketones is 1. The van der Waals surface area contributed by atoms with Crippen LogP contribution in [0.25, 0.3) is 0 Å². The van der Waals surface area contributed by atoms with Crippen molar-refractivity contribution in [2.75, 3.05) is 0 Å². The average molecular weight is 290 g/mol. The van der Waals surface area contributed by atoms with Gasteiger partial charge in [-0.2, -0.15) is 5.26 Å². The molecule has 0 aliphatic carbocycles. The Morgan fingerprint density at radius 3 is 3.06 bits per heavy atom. The van der Waals surface area contributed by atoms with E-state index in [1.165, 1.54) is 10.8 Å². The van der Waals surface area contributed by atoms with Gasteiger partial charge in [-0.1, -0.05) is 28.1 Å². The van der Waals surface area contributed by atoms with Gasteiger partial charge in [0.25, 0.3) is 0 Å². The first kappa shape index (κ1) is 11.6. The van der Waals surface area contributed by atoms with Crippen LogP contribution in [0.2, 0.25) is 0 Å². The molecule has 0 unspecified atom stereocenters. The van der Waals surface area contributed by atoms with Crippen molar-refractivity contribution in [1.82, 2.24) is 9.55 Å². The number of aromatic nitrogens is 2. The molecular formula is C12H8BrN3O. The highest BCUT2D eigenvalue weighted by Gasteiger charge is 2.09. The van der Waals surface area contributed by atoms with Crippen LogP contribution >= 0.6 is 15.9 Å². The van der Waals surface area contributed by atoms with E-state index in [0.717, 1.165) is 4.47 Å². The van der Waals surface area contributed by atoms with Gasteiger partial charge in [0.2, 0.25) is 5.82 Å². The van der Waals surface area contributed by atoms with Crippen molar-refractivity contribution >= 4 is 21.7 Å². The second-order valence-corrected chi connectivity index (χ2v) is 4.34. The average Bonchev–Trinajstić information content (AvgIpc) is 2.76. The maximum Gasteiger partial charge on any atom is 0.213 e. The Balaban J connectivity index is 2.21. The third kappa shape index (κ3) is 2.60. The summed E-state index contributed by atoms with van der Waals surface area (Å²) in [4.78, 5) is 15.8. The first-order chi connectivity index (χ1) is 8.20. The molecule has 0 radical (unpaired) electrons. The van der Waals surface area contributed by atoms with Crippen LogP contribution in [0, 0.1) is 11.3 Å². The topological polar surface area (TPSA) is 58.7 Å². The van der Waals surface area contributed by atoms with Gasteiger partial charge < -0.3 is 4.57 Å². The smallest absolute Gasteiger partial charge is 0.213 e.